The van der Waals surface area contributed by atoms with Gasteiger partial charge in [0.2, 0.25) is 5.78 Å². The maximum absolute atomic E-state index is 13.0. The molecule has 0 radical (unpaired) electrons. The van der Waals surface area contributed by atoms with Gasteiger partial charge >= 0.3 is 5.97 Å². The van der Waals surface area contributed by atoms with Crippen LogP contribution in [0.2, 0.25) is 0 Å². The van der Waals surface area contributed by atoms with Crippen LogP contribution in [0.3, 0.4) is 0 Å². The number of ketones is 1. The zero-order valence-electron chi connectivity index (χ0n) is 18.2. The average molecular weight is 437 g/mol. The fourth-order valence-corrected chi connectivity index (χ4v) is 6.82. The third-order valence-corrected chi connectivity index (χ3v) is 7.70. The Kier molecular flexibility index (Phi) is 5.11. The number of phenolic OH excluding ortho intramolecular Hbond substituents is 1. The number of phenols is 1. The highest BCUT2D eigenvalue weighted by Gasteiger charge is 2.53. The van der Waals surface area contributed by atoms with E-state index in [2.05, 4.69) is 0 Å². The van der Waals surface area contributed by atoms with Gasteiger partial charge in [0.15, 0.2) is 6.61 Å². The van der Waals surface area contributed by atoms with E-state index < -0.39 is 5.97 Å². The number of rotatable bonds is 7. The molecule has 0 amide bonds. The Balaban J connectivity index is 1.40. The largest absolute Gasteiger partial charge is 0.507 e. The number of carbonyl (C=O) groups is 2. The number of aromatic carboxylic acids is 1. The van der Waals surface area contributed by atoms with Crippen LogP contribution in [0, 0.1) is 17.8 Å². The lowest BCUT2D eigenvalue weighted by molar-refractivity contribution is -0.00717. The van der Waals surface area contributed by atoms with Gasteiger partial charge < -0.3 is 19.7 Å². The van der Waals surface area contributed by atoms with Gasteiger partial charge in [0.1, 0.15) is 17.2 Å². The lowest BCUT2D eigenvalue weighted by Crippen LogP contribution is -2.48. The molecule has 2 aromatic rings. The van der Waals surface area contributed by atoms with E-state index >= 15 is 0 Å². The van der Waals surface area contributed by atoms with Crippen LogP contribution >= 0.6 is 0 Å². The highest BCUT2D eigenvalue weighted by molar-refractivity contribution is 6.00. The second-order valence-corrected chi connectivity index (χ2v) is 9.78. The molecule has 4 aliphatic rings. The number of carboxylic acids is 1. The summed E-state index contributed by atoms with van der Waals surface area (Å²) in [6.45, 7) is -0.243. The maximum Gasteiger partial charge on any atom is 0.335 e. The summed E-state index contributed by atoms with van der Waals surface area (Å²) >= 11 is 0. The Hall–Kier alpha value is -3.02. The summed E-state index contributed by atoms with van der Waals surface area (Å²) in [5.74, 6) is 1.84. The zero-order valence-corrected chi connectivity index (χ0v) is 18.2. The van der Waals surface area contributed by atoms with Crippen molar-refractivity contribution in [3.8, 4) is 17.2 Å². The summed E-state index contributed by atoms with van der Waals surface area (Å²) in [7, 11) is 1.62. The Morgan fingerprint density at radius 3 is 2.09 bits per heavy atom. The molecule has 4 bridgehead atoms. The number of methoxy groups -OCH3 is 1. The summed E-state index contributed by atoms with van der Waals surface area (Å²) in [6.07, 6.45) is 7.01. The molecule has 4 saturated carbocycles. The van der Waals surface area contributed by atoms with Crippen molar-refractivity contribution in [3.63, 3.8) is 0 Å². The van der Waals surface area contributed by atoms with Gasteiger partial charge in [-0.3, -0.25) is 4.79 Å². The van der Waals surface area contributed by atoms with Gasteiger partial charge in [-0.05, 0) is 92.7 Å². The number of benzene rings is 2. The minimum atomic E-state index is -1.02. The van der Waals surface area contributed by atoms with Crippen LogP contribution in [-0.4, -0.2) is 35.7 Å². The molecule has 0 saturated heterocycles. The number of ether oxygens (including phenoxy) is 2. The molecule has 168 valence electrons. The van der Waals surface area contributed by atoms with Crippen molar-refractivity contribution in [2.24, 2.45) is 17.8 Å². The second kappa shape index (κ2) is 7.84. The van der Waals surface area contributed by atoms with E-state index in [1.807, 2.05) is 0 Å². The van der Waals surface area contributed by atoms with Crippen LogP contribution in [0.4, 0.5) is 0 Å². The number of carbonyl (C=O) groups excluding carboxylic acids is 1. The molecular formula is C26H28O6. The zero-order chi connectivity index (χ0) is 22.5. The molecule has 0 heterocycles. The third-order valence-electron chi connectivity index (χ3n) is 7.70. The van der Waals surface area contributed by atoms with Gasteiger partial charge in [0.25, 0.3) is 0 Å². The Bertz CT molecular complexity index is 1020. The van der Waals surface area contributed by atoms with Crippen LogP contribution in [-0.2, 0) is 5.41 Å². The van der Waals surface area contributed by atoms with Crippen LogP contribution in [0.15, 0.2) is 36.4 Å². The van der Waals surface area contributed by atoms with Crippen molar-refractivity contribution in [3.05, 3.63) is 53.1 Å². The number of aromatic hydroxyl groups is 1. The first-order chi connectivity index (χ1) is 15.4. The van der Waals surface area contributed by atoms with E-state index in [9.17, 15) is 14.7 Å². The summed E-state index contributed by atoms with van der Waals surface area (Å²) in [5, 5.41) is 20.3. The van der Waals surface area contributed by atoms with E-state index in [0.29, 0.717) is 29.3 Å². The molecule has 0 atom stereocenters. The highest BCUT2D eigenvalue weighted by Crippen LogP contribution is 2.63. The van der Waals surface area contributed by atoms with E-state index in [-0.39, 0.29) is 34.7 Å². The van der Waals surface area contributed by atoms with Gasteiger partial charge in [-0.25, -0.2) is 4.79 Å². The first kappa shape index (κ1) is 20.9. The summed E-state index contributed by atoms with van der Waals surface area (Å²) in [6, 6.07) is 9.30. The molecule has 6 nitrogen and oxygen atoms in total. The number of carboxylic acid groups (broad SMARTS) is 1. The molecular weight excluding hydrogens is 408 g/mol. The molecule has 0 aromatic heterocycles. The fourth-order valence-electron chi connectivity index (χ4n) is 6.82. The maximum atomic E-state index is 13.0. The smallest absolute Gasteiger partial charge is 0.335 e. The van der Waals surface area contributed by atoms with Gasteiger partial charge in [0.05, 0.1) is 18.2 Å². The summed E-state index contributed by atoms with van der Waals surface area (Å²) in [5.41, 5.74) is 1.08. The lowest BCUT2D eigenvalue weighted by Gasteiger charge is -2.57. The van der Waals surface area contributed by atoms with Crippen molar-refractivity contribution in [1.29, 1.82) is 0 Å². The minimum Gasteiger partial charge on any atom is -0.507 e. The van der Waals surface area contributed by atoms with Crippen LogP contribution < -0.4 is 9.47 Å². The standard InChI is InChI=1S/C26H28O6/c1-31-22-7-6-20(21(27)14-32-19-4-2-18(3-5-19)25(29)30)24(28)23(22)26-11-15-8-16(12-26)10-17(9-15)13-26/h2-7,15-17,28H,8-14H2,1H3,(H,29,30). The van der Waals surface area contributed by atoms with E-state index in [0.717, 1.165) is 24.8 Å². The SMILES string of the molecule is COc1ccc(C(=O)COc2ccc(C(=O)O)cc2)c(O)c1C12CC3CC(CC(C3)C1)C2. The van der Waals surface area contributed by atoms with E-state index in [4.69, 9.17) is 14.6 Å². The average Bonchev–Trinajstić information content (AvgIpc) is 2.76. The van der Waals surface area contributed by atoms with Crippen molar-refractivity contribution >= 4 is 11.8 Å². The highest BCUT2D eigenvalue weighted by atomic mass is 16.5. The van der Waals surface area contributed by atoms with Crippen molar-refractivity contribution in [2.45, 2.75) is 43.9 Å². The van der Waals surface area contributed by atoms with Crippen LogP contribution in [0.25, 0.3) is 0 Å². The molecule has 2 aromatic carbocycles. The third kappa shape index (κ3) is 3.51. The van der Waals surface area contributed by atoms with Gasteiger partial charge in [-0.1, -0.05) is 0 Å². The molecule has 32 heavy (non-hydrogen) atoms. The Morgan fingerprint density at radius 2 is 1.56 bits per heavy atom. The Morgan fingerprint density at radius 1 is 0.969 bits per heavy atom. The second-order valence-electron chi connectivity index (χ2n) is 9.78. The number of hydrogen-bond donors (Lipinski definition) is 2. The number of Topliss-reactive ketones (excluding diaryl/α,β-unsaturated/α-hetero) is 1. The molecule has 6 heteroatoms. The normalized spacial score (nSPS) is 27.8. The van der Waals surface area contributed by atoms with Crippen molar-refractivity contribution < 1.29 is 29.3 Å². The van der Waals surface area contributed by atoms with E-state index in [1.54, 1.807) is 19.2 Å². The Labute approximate surface area is 187 Å². The van der Waals surface area contributed by atoms with Gasteiger partial charge in [0, 0.05) is 11.0 Å². The van der Waals surface area contributed by atoms with Crippen LogP contribution in [0.5, 0.6) is 17.2 Å². The van der Waals surface area contributed by atoms with E-state index in [1.165, 1.54) is 43.5 Å². The topological polar surface area (TPSA) is 93.1 Å². The van der Waals surface area contributed by atoms with Gasteiger partial charge in [-0.15, -0.1) is 0 Å². The molecule has 4 aliphatic carbocycles. The number of hydrogen-bond acceptors (Lipinski definition) is 5. The lowest BCUT2D eigenvalue weighted by atomic mass is 9.47. The van der Waals surface area contributed by atoms with Crippen LogP contribution in [0.1, 0.15) is 64.8 Å². The fraction of sp³-hybridized carbons (Fsp3) is 0.462. The first-order valence-electron chi connectivity index (χ1n) is 11.3. The molecule has 0 unspecified atom stereocenters. The minimum absolute atomic E-state index is 0.0288. The molecule has 6 rings (SSSR count). The van der Waals surface area contributed by atoms with Crippen molar-refractivity contribution in [1.82, 2.24) is 0 Å². The van der Waals surface area contributed by atoms with Crippen molar-refractivity contribution in [2.75, 3.05) is 13.7 Å². The molecule has 0 aliphatic heterocycles. The molecule has 4 fully saturated rings. The predicted octanol–water partition coefficient (Wildman–Crippen LogP) is 4.83. The summed E-state index contributed by atoms with van der Waals surface area (Å²) in [4.78, 5) is 24.0. The molecule has 2 N–H and O–H groups in total. The monoisotopic (exact) mass is 436 g/mol. The summed E-state index contributed by atoms with van der Waals surface area (Å²) < 4.78 is 11.2. The van der Waals surface area contributed by atoms with Gasteiger partial charge in [-0.2, -0.15) is 0 Å². The first-order valence-corrected chi connectivity index (χ1v) is 11.3. The predicted molar refractivity (Wildman–Crippen MR) is 118 cm³/mol. The molecule has 0 spiro atoms. The quantitative estimate of drug-likeness (QED) is 0.604.